The highest BCUT2D eigenvalue weighted by Crippen LogP contribution is 2.26. The van der Waals surface area contributed by atoms with Gasteiger partial charge in [0.05, 0.1) is 35.3 Å². The van der Waals surface area contributed by atoms with Crippen LogP contribution in [0.15, 0.2) is 63.9 Å². The SMILES string of the molecule is COc1ccc(Cn2c(SCc3csc(C(C)C)n3)nc3ccccc3c2=O)cc1. The van der Waals surface area contributed by atoms with E-state index in [9.17, 15) is 4.79 Å². The summed E-state index contributed by atoms with van der Waals surface area (Å²) in [6.07, 6.45) is 0. The molecule has 0 aliphatic carbocycles. The van der Waals surface area contributed by atoms with E-state index in [0.29, 0.717) is 28.8 Å². The molecule has 0 saturated carbocycles. The van der Waals surface area contributed by atoms with E-state index in [1.807, 2.05) is 48.5 Å². The lowest BCUT2D eigenvalue weighted by Crippen LogP contribution is -2.24. The maximum absolute atomic E-state index is 13.3. The summed E-state index contributed by atoms with van der Waals surface area (Å²) in [5.41, 5.74) is 2.73. The Hall–Kier alpha value is -2.64. The minimum absolute atomic E-state index is 0.0277. The largest absolute Gasteiger partial charge is 0.497 e. The van der Waals surface area contributed by atoms with Gasteiger partial charge in [-0.3, -0.25) is 9.36 Å². The molecule has 2 aromatic carbocycles. The normalized spacial score (nSPS) is 11.3. The number of rotatable bonds is 7. The molecular weight excluding hydrogens is 414 g/mol. The van der Waals surface area contributed by atoms with Crippen molar-refractivity contribution in [1.82, 2.24) is 14.5 Å². The lowest BCUT2D eigenvalue weighted by Gasteiger charge is -2.13. The molecule has 0 spiro atoms. The molecule has 0 N–H and O–H groups in total. The van der Waals surface area contributed by atoms with E-state index in [4.69, 9.17) is 14.7 Å². The smallest absolute Gasteiger partial charge is 0.262 e. The third-order valence-corrected chi connectivity index (χ3v) is 6.94. The van der Waals surface area contributed by atoms with Crippen LogP contribution in [0.25, 0.3) is 10.9 Å². The number of para-hydroxylation sites is 1. The van der Waals surface area contributed by atoms with Crippen LogP contribution in [0.4, 0.5) is 0 Å². The Morgan fingerprint density at radius 3 is 2.57 bits per heavy atom. The molecule has 2 aromatic heterocycles. The first-order valence-electron chi connectivity index (χ1n) is 9.74. The molecule has 4 rings (SSSR count). The van der Waals surface area contributed by atoms with Crippen molar-refractivity contribution in [2.45, 2.75) is 37.2 Å². The predicted octanol–water partition coefficient (Wildman–Crippen LogP) is 5.33. The lowest BCUT2D eigenvalue weighted by molar-refractivity contribution is 0.414. The van der Waals surface area contributed by atoms with E-state index in [-0.39, 0.29) is 5.56 Å². The number of fused-ring (bicyclic) bond motifs is 1. The Balaban J connectivity index is 1.68. The molecule has 154 valence electrons. The summed E-state index contributed by atoms with van der Waals surface area (Å²) >= 11 is 3.24. The van der Waals surface area contributed by atoms with Gasteiger partial charge in [0.15, 0.2) is 5.16 Å². The maximum atomic E-state index is 13.3. The van der Waals surface area contributed by atoms with Crippen molar-refractivity contribution in [1.29, 1.82) is 0 Å². The zero-order valence-corrected chi connectivity index (χ0v) is 18.8. The average molecular weight is 438 g/mol. The molecule has 7 heteroatoms. The molecule has 30 heavy (non-hydrogen) atoms. The molecule has 0 bridgehead atoms. The van der Waals surface area contributed by atoms with Crippen molar-refractivity contribution in [3.63, 3.8) is 0 Å². The Morgan fingerprint density at radius 2 is 1.87 bits per heavy atom. The second-order valence-electron chi connectivity index (χ2n) is 7.27. The van der Waals surface area contributed by atoms with Crippen LogP contribution in [0.1, 0.15) is 36.0 Å². The van der Waals surface area contributed by atoms with Crippen molar-refractivity contribution >= 4 is 34.0 Å². The third-order valence-electron chi connectivity index (χ3n) is 4.74. The summed E-state index contributed by atoms with van der Waals surface area (Å²) in [7, 11) is 1.64. The molecule has 0 unspecified atom stereocenters. The van der Waals surface area contributed by atoms with E-state index in [2.05, 4.69) is 19.2 Å². The van der Waals surface area contributed by atoms with Crippen molar-refractivity contribution < 1.29 is 4.74 Å². The van der Waals surface area contributed by atoms with Crippen LogP contribution in [0.5, 0.6) is 5.75 Å². The van der Waals surface area contributed by atoms with Crippen LogP contribution in [-0.4, -0.2) is 21.6 Å². The number of nitrogens with zero attached hydrogens (tertiary/aromatic N) is 3. The van der Waals surface area contributed by atoms with Crippen LogP contribution in [0.2, 0.25) is 0 Å². The van der Waals surface area contributed by atoms with Gasteiger partial charge >= 0.3 is 0 Å². The van der Waals surface area contributed by atoms with Crippen LogP contribution in [0.3, 0.4) is 0 Å². The van der Waals surface area contributed by atoms with E-state index >= 15 is 0 Å². The second kappa shape index (κ2) is 9.02. The molecular formula is C23H23N3O2S2. The van der Waals surface area contributed by atoms with Crippen LogP contribution in [-0.2, 0) is 12.3 Å². The van der Waals surface area contributed by atoms with Crippen LogP contribution in [0, 0.1) is 0 Å². The number of hydrogen-bond acceptors (Lipinski definition) is 6. The number of thiazole rings is 1. The van der Waals surface area contributed by atoms with Crippen LogP contribution < -0.4 is 10.3 Å². The molecule has 2 heterocycles. The lowest BCUT2D eigenvalue weighted by atomic mass is 10.2. The Bertz CT molecular complexity index is 1210. The van der Waals surface area contributed by atoms with Crippen molar-refractivity contribution in [2.75, 3.05) is 7.11 Å². The summed E-state index contributed by atoms with van der Waals surface area (Å²) in [5.74, 6) is 1.89. The van der Waals surface area contributed by atoms with Gasteiger partial charge in [-0.15, -0.1) is 11.3 Å². The van der Waals surface area contributed by atoms with Gasteiger partial charge in [0.2, 0.25) is 0 Å². The molecule has 4 aromatic rings. The number of hydrogen-bond donors (Lipinski definition) is 0. The minimum atomic E-state index is -0.0277. The number of ether oxygens (including phenoxy) is 1. The summed E-state index contributed by atoms with van der Waals surface area (Å²) in [6.45, 7) is 4.75. The van der Waals surface area contributed by atoms with Gasteiger partial charge in [0.25, 0.3) is 5.56 Å². The zero-order valence-electron chi connectivity index (χ0n) is 17.2. The van der Waals surface area contributed by atoms with E-state index in [1.54, 1.807) is 34.8 Å². The second-order valence-corrected chi connectivity index (χ2v) is 9.10. The molecule has 0 saturated heterocycles. The zero-order chi connectivity index (χ0) is 21.1. The maximum Gasteiger partial charge on any atom is 0.262 e. The van der Waals surface area contributed by atoms with Gasteiger partial charge in [0.1, 0.15) is 5.75 Å². The fourth-order valence-electron chi connectivity index (χ4n) is 3.10. The molecule has 0 amide bonds. The average Bonchev–Trinajstić information content (AvgIpc) is 3.24. The quantitative estimate of drug-likeness (QED) is 0.289. The standard InChI is InChI=1S/C23H23N3O2S2/c1-15(2)21-24-17(13-29-21)14-30-23-25-20-7-5-4-6-19(20)22(27)26(23)12-16-8-10-18(28-3)11-9-16/h4-11,13,15H,12,14H2,1-3H3. The highest BCUT2D eigenvalue weighted by Gasteiger charge is 2.14. The van der Waals surface area contributed by atoms with E-state index < -0.39 is 0 Å². The fraction of sp³-hybridized carbons (Fsp3) is 0.261. The fourth-order valence-corrected chi connectivity index (χ4v) is 4.93. The van der Waals surface area contributed by atoms with Gasteiger partial charge < -0.3 is 4.74 Å². The van der Waals surface area contributed by atoms with Crippen LogP contribution >= 0.6 is 23.1 Å². The molecule has 0 atom stereocenters. The highest BCUT2D eigenvalue weighted by atomic mass is 32.2. The number of methoxy groups -OCH3 is 1. The van der Waals surface area contributed by atoms with Gasteiger partial charge in [0, 0.05) is 17.1 Å². The van der Waals surface area contributed by atoms with Crippen molar-refractivity contribution in [3.8, 4) is 5.75 Å². The molecule has 0 fully saturated rings. The van der Waals surface area contributed by atoms with Gasteiger partial charge in [-0.2, -0.15) is 0 Å². The first kappa shape index (κ1) is 20.6. The molecule has 0 radical (unpaired) electrons. The first-order chi connectivity index (χ1) is 14.5. The highest BCUT2D eigenvalue weighted by molar-refractivity contribution is 7.98. The number of benzene rings is 2. The van der Waals surface area contributed by atoms with Crippen molar-refractivity contribution in [2.24, 2.45) is 0 Å². The van der Waals surface area contributed by atoms with Gasteiger partial charge in [-0.05, 0) is 29.8 Å². The number of thioether (sulfide) groups is 1. The Kier molecular flexibility index (Phi) is 6.20. The molecule has 0 aliphatic rings. The van der Waals surface area contributed by atoms with Gasteiger partial charge in [-0.1, -0.05) is 49.9 Å². The van der Waals surface area contributed by atoms with E-state index in [0.717, 1.165) is 27.5 Å². The van der Waals surface area contributed by atoms with E-state index in [1.165, 1.54) is 0 Å². The summed E-state index contributed by atoms with van der Waals surface area (Å²) in [4.78, 5) is 22.8. The topological polar surface area (TPSA) is 57.0 Å². The Labute approximate surface area is 183 Å². The molecule has 5 nitrogen and oxygen atoms in total. The van der Waals surface area contributed by atoms with Crippen molar-refractivity contribution in [3.05, 3.63) is 80.5 Å². The van der Waals surface area contributed by atoms with Gasteiger partial charge in [-0.25, -0.2) is 9.97 Å². The first-order valence-corrected chi connectivity index (χ1v) is 11.6. The third kappa shape index (κ3) is 4.42. The summed E-state index contributed by atoms with van der Waals surface area (Å²) < 4.78 is 6.99. The predicted molar refractivity (Wildman–Crippen MR) is 124 cm³/mol. The Morgan fingerprint density at radius 1 is 1.10 bits per heavy atom. The monoisotopic (exact) mass is 437 g/mol. The number of aromatic nitrogens is 3. The summed E-state index contributed by atoms with van der Waals surface area (Å²) in [5, 5.41) is 4.56. The summed E-state index contributed by atoms with van der Waals surface area (Å²) in [6, 6.07) is 15.3. The molecule has 0 aliphatic heterocycles. The minimum Gasteiger partial charge on any atom is -0.497 e.